The highest BCUT2D eigenvalue weighted by Crippen LogP contribution is 1.82. The number of hydrogen-bond donors (Lipinski definition) is 2. The van der Waals surface area contributed by atoms with E-state index in [1.165, 1.54) is 0 Å². The molecule has 0 bridgehead atoms. The summed E-state index contributed by atoms with van der Waals surface area (Å²) < 4.78 is 0. The van der Waals surface area contributed by atoms with Gasteiger partial charge in [0.15, 0.2) is 0 Å². The van der Waals surface area contributed by atoms with Crippen LogP contribution in [0.25, 0.3) is 0 Å². The van der Waals surface area contributed by atoms with Gasteiger partial charge in [-0.15, -0.1) is 0 Å². The van der Waals surface area contributed by atoms with Crippen LogP contribution in [0.3, 0.4) is 0 Å². The minimum absolute atomic E-state index is 0.354. The largest absolute Gasteiger partial charge is 0.385 e. The molecule has 3 N–H and O–H groups in total. The molecule has 0 aromatic heterocycles. The van der Waals surface area contributed by atoms with E-state index >= 15 is 0 Å². The van der Waals surface area contributed by atoms with Gasteiger partial charge in [-0.05, 0) is 13.8 Å². The number of hydrogen-bond acceptors (Lipinski definition) is 2. The van der Waals surface area contributed by atoms with Crippen LogP contribution < -0.4 is 11.1 Å². The molecule has 2 nitrogen and oxygen atoms in total. The Labute approximate surface area is 50.8 Å². The van der Waals surface area contributed by atoms with Gasteiger partial charge in [0.05, 0.1) is 0 Å². The SMILES string of the molecule is C=C(C)NC(C)CN. The van der Waals surface area contributed by atoms with E-state index in [-0.39, 0.29) is 0 Å². The molecule has 1 unspecified atom stereocenters. The zero-order valence-corrected chi connectivity index (χ0v) is 5.57. The number of allylic oxidation sites excluding steroid dienone is 1. The topological polar surface area (TPSA) is 38.0 Å². The summed E-state index contributed by atoms with van der Waals surface area (Å²) >= 11 is 0. The molecule has 0 rings (SSSR count). The lowest BCUT2D eigenvalue weighted by molar-refractivity contribution is 0.625. The molecular formula is C6H14N2. The average Bonchev–Trinajstić information content (AvgIpc) is 1.65. The molecule has 0 aliphatic carbocycles. The minimum atomic E-state index is 0.354. The Morgan fingerprint density at radius 3 is 2.50 bits per heavy atom. The first-order chi connectivity index (χ1) is 3.66. The molecule has 0 aliphatic rings. The summed E-state index contributed by atoms with van der Waals surface area (Å²) in [6, 6.07) is 0.354. The Hall–Kier alpha value is -0.500. The third-order valence-corrected chi connectivity index (χ3v) is 0.846. The molecule has 1 atom stereocenters. The van der Waals surface area contributed by atoms with Crippen LogP contribution in [0, 0.1) is 0 Å². The molecule has 2 heteroatoms. The van der Waals surface area contributed by atoms with E-state index in [0.717, 1.165) is 5.70 Å². The van der Waals surface area contributed by atoms with Gasteiger partial charge in [-0.2, -0.15) is 0 Å². The summed E-state index contributed by atoms with van der Waals surface area (Å²) in [7, 11) is 0. The van der Waals surface area contributed by atoms with Crippen LogP contribution in [-0.2, 0) is 0 Å². The number of nitrogens with two attached hydrogens (primary N) is 1. The van der Waals surface area contributed by atoms with Crippen LogP contribution in [-0.4, -0.2) is 12.6 Å². The van der Waals surface area contributed by atoms with Crippen LogP contribution in [0.1, 0.15) is 13.8 Å². The predicted molar refractivity (Wildman–Crippen MR) is 36.5 cm³/mol. The zero-order chi connectivity index (χ0) is 6.57. The van der Waals surface area contributed by atoms with Crippen molar-refractivity contribution in [2.45, 2.75) is 19.9 Å². The first-order valence-corrected chi connectivity index (χ1v) is 2.79. The van der Waals surface area contributed by atoms with Crippen LogP contribution in [0.15, 0.2) is 12.3 Å². The van der Waals surface area contributed by atoms with Gasteiger partial charge in [-0.1, -0.05) is 6.58 Å². The lowest BCUT2D eigenvalue weighted by Gasteiger charge is -2.10. The van der Waals surface area contributed by atoms with Crippen LogP contribution in [0.2, 0.25) is 0 Å². The predicted octanol–water partition coefficient (Wildman–Crippen LogP) is 0.457. The molecule has 48 valence electrons. The van der Waals surface area contributed by atoms with E-state index in [2.05, 4.69) is 11.9 Å². The molecule has 0 spiro atoms. The maximum atomic E-state index is 5.32. The summed E-state index contributed by atoms with van der Waals surface area (Å²) in [5.41, 5.74) is 6.29. The molecule has 0 radical (unpaired) electrons. The molecule has 0 aliphatic heterocycles. The average molecular weight is 114 g/mol. The van der Waals surface area contributed by atoms with Crippen LogP contribution in [0.4, 0.5) is 0 Å². The Bertz CT molecular complexity index is 78.6. The van der Waals surface area contributed by atoms with E-state index in [9.17, 15) is 0 Å². The van der Waals surface area contributed by atoms with Gasteiger partial charge in [-0.25, -0.2) is 0 Å². The summed E-state index contributed by atoms with van der Waals surface area (Å²) in [5, 5.41) is 3.07. The third-order valence-electron chi connectivity index (χ3n) is 0.846. The summed E-state index contributed by atoms with van der Waals surface area (Å²) in [4.78, 5) is 0. The van der Waals surface area contributed by atoms with Crippen LogP contribution >= 0.6 is 0 Å². The monoisotopic (exact) mass is 114 g/mol. The van der Waals surface area contributed by atoms with Crippen molar-refractivity contribution in [1.82, 2.24) is 5.32 Å². The second-order valence-corrected chi connectivity index (χ2v) is 2.06. The van der Waals surface area contributed by atoms with Crippen molar-refractivity contribution in [1.29, 1.82) is 0 Å². The second kappa shape index (κ2) is 3.50. The Balaban J connectivity index is 3.24. The van der Waals surface area contributed by atoms with Gasteiger partial charge in [0.1, 0.15) is 0 Å². The van der Waals surface area contributed by atoms with Gasteiger partial charge in [0, 0.05) is 18.3 Å². The third kappa shape index (κ3) is 3.68. The normalized spacial score (nSPS) is 12.9. The van der Waals surface area contributed by atoms with E-state index in [1.807, 2.05) is 13.8 Å². The van der Waals surface area contributed by atoms with Gasteiger partial charge < -0.3 is 11.1 Å². The Morgan fingerprint density at radius 2 is 2.38 bits per heavy atom. The Morgan fingerprint density at radius 1 is 1.88 bits per heavy atom. The maximum absolute atomic E-state index is 5.32. The van der Waals surface area contributed by atoms with Gasteiger partial charge >= 0.3 is 0 Å². The highest BCUT2D eigenvalue weighted by molar-refractivity contribution is 4.87. The van der Waals surface area contributed by atoms with Crippen molar-refractivity contribution in [3.63, 3.8) is 0 Å². The van der Waals surface area contributed by atoms with Crippen molar-refractivity contribution in [2.75, 3.05) is 6.54 Å². The summed E-state index contributed by atoms with van der Waals surface area (Å²) in [6.07, 6.45) is 0. The first kappa shape index (κ1) is 7.50. The standard InChI is InChI=1S/C6H14N2/c1-5(2)8-6(3)4-7/h6,8H,1,4,7H2,2-3H3. The fraction of sp³-hybridized carbons (Fsp3) is 0.667. The van der Waals surface area contributed by atoms with Crippen molar-refractivity contribution < 1.29 is 0 Å². The number of nitrogens with one attached hydrogen (secondary N) is 1. The Kier molecular flexibility index (Phi) is 3.28. The van der Waals surface area contributed by atoms with Gasteiger partial charge in [-0.3, -0.25) is 0 Å². The molecule has 0 saturated carbocycles. The minimum Gasteiger partial charge on any atom is -0.385 e. The molecule has 0 saturated heterocycles. The zero-order valence-electron chi connectivity index (χ0n) is 5.57. The van der Waals surface area contributed by atoms with Gasteiger partial charge in [0.25, 0.3) is 0 Å². The van der Waals surface area contributed by atoms with Gasteiger partial charge in [0.2, 0.25) is 0 Å². The number of rotatable bonds is 3. The fourth-order valence-corrected chi connectivity index (χ4v) is 0.480. The van der Waals surface area contributed by atoms with Crippen molar-refractivity contribution >= 4 is 0 Å². The quantitative estimate of drug-likeness (QED) is 0.559. The molecule has 0 amide bonds. The van der Waals surface area contributed by atoms with Crippen molar-refractivity contribution in [2.24, 2.45) is 5.73 Å². The molecule has 8 heavy (non-hydrogen) atoms. The van der Waals surface area contributed by atoms with E-state index < -0.39 is 0 Å². The molecule has 0 heterocycles. The second-order valence-electron chi connectivity index (χ2n) is 2.06. The first-order valence-electron chi connectivity index (χ1n) is 2.79. The molecule has 0 aromatic rings. The van der Waals surface area contributed by atoms with E-state index in [1.54, 1.807) is 0 Å². The highest BCUT2D eigenvalue weighted by Gasteiger charge is 1.92. The summed E-state index contributed by atoms with van der Waals surface area (Å²) in [5.74, 6) is 0. The molecular weight excluding hydrogens is 100 g/mol. The maximum Gasteiger partial charge on any atom is 0.0352 e. The fourth-order valence-electron chi connectivity index (χ4n) is 0.480. The summed E-state index contributed by atoms with van der Waals surface area (Å²) in [6.45, 7) is 8.28. The van der Waals surface area contributed by atoms with Crippen molar-refractivity contribution in [3.8, 4) is 0 Å². The van der Waals surface area contributed by atoms with Crippen LogP contribution in [0.5, 0.6) is 0 Å². The smallest absolute Gasteiger partial charge is 0.0352 e. The van der Waals surface area contributed by atoms with E-state index in [4.69, 9.17) is 5.73 Å². The lowest BCUT2D eigenvalue weighted by atomic mass is 10.3. The molecule has 0 fully saturated rings. The van der Waals surface area contributed by atoms with Crippen molar-refractivity contribution in [3.05, 3.63) is 12.3 Å². The highest BCUT2D eigenvalue weighted by atomic mass is 14.9. The molecule has 0 aromatic carbocycles. The lowest BCUT2D eigenvalue weighted by Crippen LogP contribution is -2.31. The van der Waals surface area contributed by atoms with E-state index in [0.29, 0.717) is 12.6 Å².